The summed E-state index contributed by atoms with van der Waals surface area (Å²) in [6.07, 6.45) is 1.40. The fourth-order valence-electron chi connectivity index (χ4n) is 3.47. The van der Waals surface area contributed by atoms with Gasteiger partial charge in [-0.1, -0.05) is 18.2 Å². The van der Waals surface area contributed by atoms with Gasteiger partial charge in [-0.2, -0.15) is 13.2 Å². The minimum absolute atomic E-state index is 0.0919. The first-order chi connectivity index (χ1) is 16.7. The molecule has 9 heteroatoms. The van der Waals surface area contributed by atoms with Crippen molar-refractivity contribution in [2.75, 3.05) is 7.11 Å². The number of halogens is 3. The summed E-state index contributed by atoms with van der Waals surface area (Å²) in [7, 11) is 1.25. The highest BCUT2D eigenvalue weighted by molar-refractivity contribution is 5.92. The van der Waals surface area contributed by atoms with Crippen molar-refractivity contribution in [3.8, 4) is 11.1 Å². The van der Waals surface area contributed by atoms with Gasteiger partial charge in [0.25, 0.3) is 0 Å². The molecular formula is C26H19F3N2O4. The number of amides is 1. The zero-order valence-corrected chi connectivity index (χ0v) is 18.4. The van der Waals surface area contributed by atoms with E-state index < -0.39 is 23.6 Å². The number of pyridine rings is 1. The van der Waals surface area contributed by atoms with Crippen molar-refractivity contribution in [3.63, 3.8) is 0 Å². The number of carbonyl (C=O) groups is 2. The summed E-state index contributed by atoms with van der Waals surface area (Å²) in [5.41, 5.74) is 0.554. The standard InChI is InChI=1S/C26H19F3N2O4/c1-34-25(33)18-7-5-17(6-8-18)19-11-20-12-21(35-24(20)22(13-19)26(27,28)29)15-31-23(32)9-4-16-3-2-10-30-14-16/h2-14H,15H2,1H3,(H,31,32). The molecule has 0 aliphatic heterocycles. The smallest absolute Gasteiger partial charge is 0.420 e. The van der Waals surface area contributed by atoms with E-state index in [4.69, 9.17) is 4.42 Å². The van der Waals surface area contributed by atoms with Crippen LogP contribution < -0.4 is 5.32 Å². The summed E-state index contributed by atoms with van der Waals surface area (Å²) in [5, 5.41) is 2.83. The molecule has 0 spiro atoms. The summed E-state index contributed by atoms with van der Waals surface area (Å²) >= 11 is 0. The van der Waals surface area contributed by atoms with Crippen molar-refractivity contribution in [1.29, 1.82) is 0 Å². The largest absolute Gasteiger partial charge is 0.465 e. The van der Waals surface area contributed by atoms with Gasteiger partial charge in [-0.05, 0) is 59.2 Å². The molecule has 4 aromatic rings. The number of nitrogens with zero attached hydrogens (tertiary/aromatic N) is 1. The van der Waals surface area contributed by atoms with Crippen LogP contribution in [0.3, 0.4) is 0 Å². The minimum Gasteiger partial charge on any atom is -0.465 e. The van der Waals surface area contributed by atoms with E-state index in [1.165, 1.54) is 31.4 Å². The lowest BCUT2D eigenvalue weighted by molar-refractivity contribution is -0.136. The maximum Gasteiger partial charge on any atom is 0.420 e. The molecule has 35 heavy (non-hydrogen) atoms. The number of alkyl halides is 3. The van der Waals surface area contributed by atoms with E-state index >= 15 is 0 Å². The van der Waals surface area contributed by atoms with Crippen molar-refractivity contribution >= 4 is 28.9 Å². The molecular weight excluding hydrogens is 461 g/mol. The van der Waals surface area contributed by atoms with Crippen LogP contribution in [0.15, 0.2) is 77.5 Å². The summed E-state index contributed by atoms with van der Waals surface area (Å²) in [6.45, 7) is -0.0919. The first-order valence-corrected chi connectivity index (χ1v) is 10.4. The van der Waals surface area contributed by atoms with Crippen molar-refractivity contribution < 1.29 is 31.9 Å². The molecule has 1 amide bonds. The van der Waals surface area contributed by atoms with Gasteiger partial charge in [-0.25, -0.2) is 4.79 Å². The van der Waals surface area contributed by atoms with Crippen LogP contribution >= 0.6 is 0 Å². The Morgan fingerprint density at radius 3 is 2.51 bits per heavy atom. The van der Waals surface area contributed by atoms with Crippen LogP contribution in [-0.4, -0.2) is 24.0 Å². The predicted octanol–water partition coefficient (Wildman–Crippen LogP) is 5.63. The second kappa shape index (κ2) is 9.84. The SMILES string of the molecule is COC(=O)c1ccc(-c2cc(C(F)(F)F)c3oc(CNC(=O)C=Cc4cccnc4)cc3c2)cc1. The quantitative estimate of drug-likeness (QED) is 0.286. The molecule has 0 unspecified atom stereocenters. The average Bonchev–Trinajstić information content (AvgIpc) is 3.28. The van der Waals surface area contributed by atoms with Gasteiger partial charge in [0.05, 0.1) is 24.8 Å². The number of fused-ring (bicyclic) bond motifs is 1. The Bertz CT molecular complexity index is 1390. The van der Waals surface area contributed by atoms with Gasteiger partial charge in [0.2, 0.25) is 5.91 Å². The Balaban J connectivity index is 1.59. The third kappa shape index (κ3) is 5.57. The van der Waals surface area contributed by atoms with E-state index in [0.717, 1.165) is 11.6 Å². The molecule has 0 bridgehead atoms. The molecule has 1 N–H and O–H groups in total. The number of rotatable bonds is 6. The van der Waals surface area contributed by atoms with Crippen LogP contribution in [0.2, 0.25) is 0 Å². The third-order valence-corrected chi connectivity index (χ3v) is 5.16. The molecule has 0 atom stereocenters. The van der Waals surface area contributed by atoms with Crippen LogP contribution in [0.4, 0.5) is 13.2 Å². The highest BCUT2D eigenvalue weighted by Crippen LogP contribution is 2.39. The van der Waals surface area contributed by atoms with Crippen LogP contribution in [0.1, 0.15) is 27.2 Å². The second-order valence-electron chi connectivity index (χ2n) is 7.56. The zero-order valence-electron chi connectivity index (χ0n) is 18.4. The molecule has 0 radical (unpaired) electrons. The van der Waals surface area contributed by atoms with Gasteiger partial charge < -0.3 is 14.5 Å². The van der Waals surface area contributed by atoms with Gasteiger partial charge >= 0.3 is 12.1 Å². The summed E-state index contributed by atoms with van der Waals surface area (Å²) in [4.78, 5) is 27.7. The number of aromatic nitrogens is 1. The zero-order chi connectivity index (χ0) is 25.0. The normalized spacial score (nSPS) is 11.7. The lowest BCUT2D eigenvalue weighted by atomic mass is 9.99. The molecule has 0 aliphatic rings. The summed E-state index contributed by atoms with van der Waals surface area (Å²) in [5.74, 6) is -0.802. The molecule has 6 nitrogen and oxygen atoms in total. The van der Waals surface area contributed by atoms with E-state index in [1.54, 1.807) is 48.8 Å². The Morgan fingerprint density at radius 2 is 1.86 bits per heavy atom. The number of hydrogen-bond acceptors (Lipinski definition) is 5. The second-order valence-corrected chi connectivity index (χ2v) is 7.56. The third-order valence-electron chi connectivity index (χ3n) is 5.16. The molecule has 2 aromatic heterocycles. The molecule has 178 valence electrons. The van der Waals surface area contributed by atoms with Gasteiger partial charge in [-0.3, -0.25) is 9.78 Å². The number of benzene rings is 2. The number of hydrogen-bond donors (Lipinski definition) is 1. The lowest BCUT2D eigenvalue weighted by Crippen LogP contribution is -2.19. The van der Waals surface area contributed by atoms with Gasteiger partial charge in [0, 0.05) is 23.9 Å². The number of furan rings is 1. The van der Waals surface area contributed by atoms with Crippen LogP contribution in [0.5, 0.6) is 0 Å². The monoisotopic (exact) mass is 480 g/mol. The van der Waals surface area contributed by atoms with Crippen molar-refractivity contribution in [2.45, 2.75) is 12.7 Å². The van der Waals surface area contributed by atoms with E-state index in [1.807, 2.05) is 0 Å². The van der Waals surface area contributed by atoms with Crippen molar-refractivity contribution in [2.24, 2.45) is 0 Å². The first kappa shape index (κ1) is 23.7. The Kier molecular flexibility index (Phi) is 6.68. The first-order valence-electron chi connectivity index (χ1n) is 10.4. The Labute approximate surface area is 198 Å². The minimum atomic E-state index is -4.66. The van der Waals surface area contributed by atoms with Crippen LogP contribution in [-0.2, 0) is 22.3 Å². The summed E-state index contributed by atoms with van der Waals surface area (Å²) in [6, 6.07) is 13.6. The number of nitrogens with one attached hydrogen (secondary N) is 1. The van der Waals surface area contributed by atoms with Gasteiger partial charge in [0.15, 0.2) is 0 Å². The predicted molar refractivity (Wildman–Crippen MR) is 123 cm³/mol. The van der Waals surface area contributed by atoms with Crippen molar-refractivity contribution in [3.05, 3.63) is 95.5 Å². The molecule has 0 fully saturated rings. The fraction of sp³-hybridized carbons (Fsp3) is 0.115. The highest BCUT2D eigenvalue weighted by Gasteiger charge is 2.35. The average molecular weight is 480 g/mol. The molecule has 2 aromatic carbocycles. The molecule has 2 heterocycles. The molecule has 0 saturated heterocycles. The molecule has 4 rings (SSSR count). The molecule has 0 aliphatic carbocycles. The topological polar surface area (TPSA) is 81.4 Å². The van der Waals surface area contributed by atoms with Crippen LogP contribution in [0.25, 0.3) is 28.2 Å². The van der Waals surface area contributed by atoms with Crippen molar-refractivity contribution in [1.82, 2.24) is 10.3 Å². The molecule has 0 saturated carbocycles. The highest BCUT2D eigenvalue weighted by atomic mass is 19.4. The maximum absolute atomic E-state index is 13.8. The summed E-state index contributed by atoms with van der Waals surface area (Å²) < 4.78 is 51.5. The van der Waals surface area contributed by atoms with E-state index in [9.17, 15) is 22.8 Å². The van der Waals surface area contributed by atoms with E-state index in [-0.39, 0.29) is 28.8 Å². The lowest BCUT2D eigenvalue weighted by Gasteiger charge is -2.10. The Hall–Kier alpha value is -4.40. The van der Waals surface area contributed by atoms with E-state index in [0.29, 0.717) is 11.1 Å². The van der Waals surface area contributed by atoms with Crippen LogP contribution in [0, 0.1) is 0 Å². The van der Waals surface area contributed by atoms with E-state index in [2.05, 4.69) is 15.0 Å². The Morgan fingerprint density at radius 1 is 1.09 bits per heavy atom. The number of ether oxygens (including phenoxy) is 1. The van der Waals surface area contributed by atoms with Gasteiger partial charge in [0.1, 0.15) is 11.3 Å². The van der Waals surface area contributed by atoms with Gasteiger partial charge in [-0.15, -0.1) is 0 Å². The number of methoxy groups -OCH3 is 1. The maximum atomic E-state index is 13.8. The number of carbonyl (C=O) groups excluding carboxylic acids is 2. The fourth-order valence-corrected chi connectivity index (χ4v) is 3.47. The number of esters is 1.